The number of carboxylic acid groups (broad SMARTS) is 1. The fraction of sp³-hybridized carbons (Fsp3) is 0.353. The highest BCUT2D eigenvalue weighted by molar-refractivity contribution is 8.26. The fourth-order valence-electron chi connectivity index (χ4n) is 2.14. The van der Waals surface area contributed by atoms with E-state index in [1.807, 2.05) is 19.9 Å². The molecule has 0 aliphatic carbocycles. The number of carbonyl (C=O) groups is 2. The van der Waals surface area contributed by atoms with Crippen LogP contribution in [0.2, 0.25) is 0 Å². The summed E-state index contributed by atoms with van der Waals surface area (Å²) in [7, 11) is 0. The molecule has 1 aliphatic heterocycles. The zero-order valence-corrected chi connectivity index (χ0v) is 15.6. The monoisotopic (exact) mass is 381 g/mol. The van der Waals surface area contributed by atoms with Gasteiger partial charge in [0.2, 0.25) is 0 Å². The molecule has 1 aromatic carbocycles. The summed E-state index contributed by atoms with van der Waals surface area (Å²) >= 11 is 6.17. The molecule has 0 saturated carbocycles. The number of carbonyl (C=O) groups excluding carboxylic acids is 1. The number of aliphatic carboxylic acids is 1. The second kappa shape index (κ2) is 8.87. The Kier molecular flexibility index (Phi) is 6.83. The fourth-order valence-corrected chi connectivity index (χ4v) is 3.39. The Morgan fingerprint density at radius 3 is 2.72 bits per heavy atom. The number of rotatable bonds is 8. The van der Waals surface area contributed by atoms with Crippen LogP contribution in [-0.4, -0.2) is 46.0 Å². The van der Waals surface area contributed by atoms with Crippen molar-refractivity contribution in [1.29, 1.82) is 0 Å². The number of benzene rings is 1. The molecule has 0 spiro atoms. The lowest BCUT2D eigenvalue weighted by molar-refractivity contribution is -0.140. The molecule has 134 valence electrons. The van der Waals surface area contributed by atoms with E-state index in [1.54, 1.807) is 18.2 Å². The van der Waals surface area contributed by atoms with E-state index in [-0.39, 0.29) is 4.32 Å². The number of thiocarbonyl (C=S) groups is 1. The van der Waals surface area contributed by atoms with E-state index >= 15 is 0 Å². The Hall–Kier alpha value is -2.06. The predicted octanol–water partition coefficient (Wildman–Crippen LogP) is 3.16. The van der Waals surface area contributed by atoms with Gasteiger partial charge in [-0.25, -0.2) is 0 Å². The van der Waals surface area contributed by atoms with Crippen LogP contribution in [0.25, 0.3) is 6.08 Å². The Morgan fingerprint density at radius 2 is 2.08 bits per heavy atom. The number of carboxylic acids is 1. The molecule has 1 saturated heterocycles. The molecule has 1 N–H and O–H groups in total. The van der Waals surface area contributed by atoms with Crippen molar-refractivity contribution in [2.45, 2.75) is 20.3 Å². The average Bonchev–Trinajstić information content (AvgIpc) is 2.81. The number of amides is 1. The molecule has 1 aromatic rings. The second-order valence-electron chi connectivity index (χ2n) is 5.15. The van der Waals surface area contributed by atoms with Crippen molar-refractivity contribution >= 4 is 46.3 Å². The molecule has 1 heterocycles. The first-order valence-electron chi connectivity index (χ1n) is 7.83. The summed E-state index contributed by atoms with van der Waals surface area (Å²) in [4.78, 5) is 24.6. The smallest absolute Gasteiger partial charge is 0.323 e. The van der Waals surface area contributed by atoms with Crippen molar-refractivity contribution < 1.29 is 24.2 Å². The van der Waals surface area contributed by atoms with Gasteiger partial charge in [-0.3, -0.25) is 14.5 Å². The molecular formula is C17H19NO5S2. The van der Waals surface area contributed by atoms with Gasteiger partial charge in [0, 0.05) is 0 Å². The largest absolute Gasteiger partial charge is 0.490 e. The summed E-state index contributed by atoms with van der Waals surface area (Å²) in [5.74, 6) is -0.250. The van der Waals surface area contributed by atoms with Crippen molar-refractivity contribution in [2.75, 3.05) is 19.8 Å². The van der Waals surface area contributed by atoms with Gasteiger partial charge in [0.25, 0.3) is 5.91 Å². The van der Waals surface area contributed by atoms with Crippen LogP contribution in [0.15, 0.2) is 23.1 Å². The van der Waals surface area contributed by atoms with E-state index in [2.05, 4.69) is 0 Å². The lowest BCUT2D eigenvalue weighted by Crippen LogP contribution is -2.33. The van der Waals surface area contributed by atoms with Gasteiger partial charge in [0.1, 0.15) is 10.9 Å². The highest BCUT2D eigenvalue weighted by Crippen LogP contribution is 2.34. The number of thioether (sulfide) groups is 1. The lowest BCUT2D eigenvalue weighted by Gasteiger charge is -2.12. The molecule has 25 heavy (non-hydrogen) atoms. The molecule has 0 bridgehead atoms. The molecule has 0 aromatic heterocycles. The molecular weight excluding hydrogens is 362 g/mol. The minimum atomic E-state index is -1.10. The molecule has 1 aliphatic rings. The van der Waals surface area contributed by atoms with Crippen LogP contribution in [0.5, 0.6) is 11.5 Å². The molecule has 6 nitrogen and oxygen atoms in total. The SMILES string of the molecule is CCCOc1ccc(/C=C2\SC(=S)N(CC(=O)O)C2=O)cc1OCC. The van der Waals surface area contributed by atoms with Gasteiger partial charge in [-0.05, 0) is 37.1 Å². The topological polar surface area (TPSA) is 76.1 Å². The third-order valence-corrected chi connectivity index (χ3v) is 4.57. The summed E-state index contributed by atoms with van der Waals surface area (Å²) < 4.78 is 11.5. The predicted molar refractivity (Wildman–Crippen MR) is 101 cm³/mol. The van der Waals surface area contributed by atoms with Gasteiger partial charge in [0.05, 0.1) is 18.1 Å². The lowest BCUT2D eigenvalue weighted by atomic mass is 10.2. The van der Waals surface area contributed by atoms with E-state index in [0.29, 0.717) is 29.6 Å². The standard InChI is InChI=1S/C17H19NO5S2/c1-3-7-23-12-6-5-11(8-13(12)22-4-2)9-14-16(21)18(10-15(19)20)17(24)25-14/h5-6,8-9H,3-4,7,10H2,1-2H3,(H,19,20)/b14-9-. The van der Waals surface area contributed by atoms with Crippen molar-refractivity contribution in [3.05, 3.63) is 28.7 Å². The second-order valence-corrected chi connectivity index (χ2v) is 6.83. The van der Waals surface area contributed by atoms with Gasteiger partial charge in [-0.1, -0.05) is 37.0 Å². The first-order chi connectivity index (χ1) is 12.0. The van der Waals surface area contributed by atoms with Crippen LogP contribution < -0.4 is 9.47 Å². The molecule has 1 fully saturated rings. The van der Waals surface area contributed by atoms with E-state index in [0.717, 1.165) is 28.6 Å². The average molecular weight is 381 g/mol. The number of nitrogens with zero attached hydrogens (tertiary/aromatic N) is 1. The molecule has 0 unspecified atom stereocenters. The van der Waals surface area contributed by atoms with E-state index in [1.165, 1.54) is 0 Å². The quantitative estimate of drug-likeness (QED) is 0.547. The molecule has 0 radical (unpaired) electrons. The van der Waals surface area contributed by atoms with E-state index in [9.17, 15) is 9.59 Å². The first kappa shape index (κ1) is 19.3. The maximum atomic E-state index is 12.3. The summed E-state index contributed by atoms with van der Waals surface area (Å²) in [5, 5.41) is 8.87. The first-order valence-corrected chi connectivity index (χ1v) is 9.05. The van der Waals surface area contributed by atoms with Gasteiger partial charge in [-0.15, -0.1) is 0 Å². The van der Waals surface area contributed by atoms with Crippen LogP contribution in [0.3, 0.4) is 0 Å². The van der Waals surface area contributed by atoms with Crippen LogP contribution in [0.4, 0.5) is 0 Å². The molecule has 1 amide bonds. The zero-order chi connectivity index (χ0) is 18.4. The van der Waals surface area contributed by atoms with Crippen molar-refractivity contribution in [1.82, 2.24) is 4.90 Å². The third kappa shape index (κ3) is 4.96. The molecule has 2 rings (SSSR count). The third-order valence-electron chi connectivity index (χ3n) is 3.19. The number of hydrogen-bond donors (Lipinski definition) is 1. The maximum absolute atomic E-state index is 12.3. The summed E-state index contributed by atoms with van der Waals surface area (Å²) in [5.41, 5.74) is 0.753. The summed E-state index contributed by atoms with van der Waals surface area (Å²) in [6, 6.07) is 5.40. The van der Waals surface area contributed by atoms with Crippen LogP contribution >= 0.6 is 24.0 Å². The van der Waals surface area contributed by atoms with Crippen molar-refractivity contribution in [3.63, 3.8) is 0 Å². The Labute approximate surface area is 155 Å². The molecule has 0 atom stereocenters. The van der Waals surface area contributed by atoms with Crippen molar-refractivity contribution in [3.8, 4) is 11.5 Å². The Bertz CT molecular complexity index is 717. The Morgan fingerprint density at radius 1 is 1.32 bits per heavy atom. The minimum Gasteiger partial charge on any atom is -0.490 e. The summed E-state index contributed by atoms with van der Waals surface area (Å²) in [6.45, 7) is 4.55. The van der Waals surface area contributed by atoms with Crippen LogP contribution in [0.1, 0.15) is 25.8 Å². The van der Waals surface area contributed by atoms with Gasteiger partial charge < -0.3 is 14.6 Å². The number of hydrogen-bond acceptors (Lipinski definition) is 6. The Balaban J connectivity index is 2.25. The van der Waals surface area contributed by atoms with Crippen molar-refractivity contribution in [2.24, 2.45) is 0 Å². The zero-order valence-electron chi connectivity index (χ0n) is 14.0. The minimum absolute atomic E-state index is 0.242. The van der Waals surface area contributed by atoms with E-state index < -0.39 is 18.4 Å². The highest BCUT2D eigenvalue weighted by atomic mass is 32.2. The van der Waals surface area contributed by atoms with Gasteiger partial charge in [0.15, 0.2) is 11.5 Å². The maximum Gasteiger partial charge on any atom is 0.323 e. The number of ether oxygens (including phenoxy) is 2. The normalized spacial score (nSPS) is 15.8. The highest BCUT2D eigenvalue weighted by Gasteiger charge is 2.33. The van der Waals surface area contributed by atoms with Crippen LogP contribution in [-0.2, 0) is 9.59 Å². The van der Waals surface area contributed by atoms with Gasteiger partial charge in [-0.2, -0.15) is 0 Å². The van der Waals surface area contributed by atoms with Crippen LogP contribution in [0, 0.1) is 0 Å². The van der Waals surface area contributed by atoms with Gasteiger partial charge >= 0.3 is 5.97 Å². The molecule has 8 heteroatoms. The van der Waals surface area contributed by atoms with E-state index in [4.69, 9.17) is 26.8 Å². The summed E-state index contributed by atoms with van der Waals surface area (Å²) in [6.07, 6.45) is 2.56.